The molecule has 2 heterocycles. The zero-order valence-electron chi connectivity index (χ0n) is 14.9. The van der Waals surface area contributed by atoms with Crippen LogP contribution in [0.15, 0.2) is 24.3 Å². The number of carbonyl (C=O) groups is 2. The van der Waals surface area contributed by atoms with Crippen molar-refractivity contribution in [3.63, 3.8) is 0 Å². The Labute approximate surface area is 157 Å². The summed E-state index contributed by atoms with van der Waals surface area (Å²) in [5.41, 5.74) is 7.22. The minimum atomic E-state index is -0.460. The summed E-state index contributed by atoms with van der Waals surface area (Å²) in [5.74, 6) is 1.43. The normalized spacial score (nSPS) is 18.7. The van der Waals surface area contributed by atoms with Gasteiger partial charge in [-0.05, 0) is 43.4 Å². The number of carbonyl (C=O) groups excluding carboxylic acids is 2. The van der Waals surface area contributed by atoms with Gasteiger partial charge in [-0.1, -0.05) is 12.1 Å². The predicted octanol–water partition coefficient (Wildman–Crippen LogP) is 2.26. The van der Waals surface area contributed by atoms with Gasteiger partial charge in [-0.25, -0.2) is 9.78 Å². The molecule has 1 aliphatic heterocycles. The highest BCUT2D eigenvalue weighted by atomic mass is 32.2. The number of primary amides is 1. The fourth-order valence-electron chi connectivity index (χ4n) is 3.33. The van der Waals surface area contributed by atoms with Crippen LogP contribution in [-0.4, -0.2) is 51.9 Å². The molecule has 1 saturated heterocycles. The lowest BCUT2D eigenvalue weighted by Gasteiger charge is -2.31. The third-order valence-corrected chi connectivity index (χ3v) is 5.41. The van der Waals surface area contributed by atoms with Gasteiger partial charge in [-0.15, -0.1) is 0 Å². The molecule has 3 rings (SSSR count). The number of imidazole rings is 1. The Morgan fingerprint density at radius 2 is 2.27 bits per heavy atom. The zero-order valence-corrected chi connectivity index (χ0v) is 15.7. The van der Waals surface area contributed by atoms with Gasteiger partial charge in [0, 0.05) is 13.1 Å². The van der Waals surface area contributed by atoms with Crippen molar-refractivity contribution < 1.29 is 9.59 Å². The first-order valence-electron chi connectivity index (χ1n) is 8.87. The van der Waals surface area contributed by atoms with Gasteiger partial charge in [0.05, 0.1) is 23.0 Å². The summed E-state index contributed by atoms with van der Waals surface area (Å²) >= 11 is 1.74. The lowest BCUT2D eigenvalue weighted by Crippen LogP contribution is -2.47. The van der Waals surface area contributed by atoms with Gasteiger partial charge < -0.3 is 20.9 Å². The van der Waals surface area contributed by atoms with Crippen LogP contribution < -0.4 is 11.1 Å². The van der Waals surface area contributed by atoms with Crippen molar-refractivity contribution in [3.05, 3.63) is 30.1 Å². The van der Waals surface area contributed by atoms with E-state index >= 15 is 0 Å². The second-order valence-corrected chi connectivity index (χ2v) is 7.59. The van der Waals surface area contributed by atoms with Gasteiger partial charge in [0.25, 0.3) is 0 Å². The Bertz CT molecular complexity index is 745. The summed E-state index contributed by atoms with van der Waals surface area (Å²) in [7, 11) is 0. The molecule has 2 aromatic rings. The Hall–Kier alpha value is -2.22. The molecule has 26 heavy (non-hydrogen) atoms. The van der Waals surface area contributed by atoms with Crippen molar-refractivity contribution in [3.8, 4) is 0 Å². The number of amides is 3. The maximum Gasteiger partial charge on any atom is 0.314 e. The standard InChI is InChI=1S/C18H25N5O2S/c1-26-10-8-15(16-20-13-6-2-3-7-14(13)21-16)22-17(24)12-5-4-9-23(11-12)18(19)25/h2-3,6-7,12,15H,4-5,8-11H2,1H3,(H2,19,25)(H,20,21)(H,22,24)/t12-,15+/m0/s1. The van der Waals surface area contributed by atoms with Crippen molar-refractivity contribution in [2.24, 2.45) is 11.7 Å². The van der Waals surface area contributed by atoms with Crippen LogP contribution in [0.3, 0.4) is 0 Å². The SMILES string of the molecule is CSCC[C@@H](NC(=O)[C@H]1CCCN(C(N)=O)C1)c1nc2ccccc2[nH]1. The number of H-pyrrole nitrogens is 1. The van der Waals surface area contributed by atoms with E-state index in [1.807, 2.05) is 30.5 Å². The first kappa shape index (κ1) is 18.6. The lowest BCUT2D eigenvalue weighted by molar-refractivity contribution is -0.127. The van der Waals surface area contributed by atoms with Crippen LogP contribution in [0.25, 0.3) is 11.0 Å². The smallest absolute Gasteiger partial charge is 0.314 e. The molecule has 0 saturated carbocycles. The van der Waals surface area contributed by atoms with E-state index in [-0.39, 0.29) is 17.9 Å². The number of benzene rings is 1. The number of urea groups is 1. The number of nitrogens with one attached hydrogen (secondary N) is 2. The molecule has 8 heteroatoms. The molecular formula is C18H25N5O2S. The summed E-state index contributed by atoms with van der Waals surface area (Å²) in [6.07, 6.45) is 4.40. The van der Waals surface area contributed by atoms with Crippen LogP contribution in [0.4, 0.5) is 4.79 Å². The van der Waals surface area contributed by atoms with Crippen LogP contribution in [-0.2, 0) is 4.79 Å². The number of aromatic nitrogens is 2. The molecule has 140 valence electrons. The fraction of sp³-hybridized carbons (Fsp3) is 0.500. The van der Waals surface area contributed by atoms with Crippen molar-refractivity contribution in [2.75, 3.05) is 25.1 Å². The number of aromatic amines is 1. The molecule has 3 amide bonds. The Kier molecular flexibility index (Phi) is 6.03. The number of fused-ring (bicyclic) bond motifs is 1. The van der Waals surface area contributed by atoms with Gasteiger partial charge in [-0.2, -0.15) is 11.8 Å². The molecule has 0 radical (unpaired) electrons. The van der Waals surface area contributed by atoms with Crippen LogP contribution in [0.1, 0.15) is 31.1 Å². The molecule has 4 N–H and O–H groups in total. The van der Waals surface area contributed by atoms with Crippen LogP contribution in [0.2, 0.25) is 0 Å². The number of thioether (sulfide) groups is 1. The predicted molar refractivity (Wildman–Crippen MR) is 104 cm³/mol. The number of hydrogen-bond acceptors (Lipinski definition) is 4. The quantitative estimate of drug-likeness (QED) is 0.720. The number of hydrogen-bond donors (Lipinski definition) is 3. The lowest BCUT2D eigenvalue weighted by atomic mass is 9.97. The van der Waals surface area contributed by atoms with E-state index < -0.39 is 6.03 Å². The number of nitrogens with zero attached hydrogens (tertiary/aromatic N) is 2. The molecule has 1 aromatic heterocycles. The number of rotatable bonds is 6. The van der Waals surface area contributed by atoms with Gasteiger partial charge in [0.2, 0.25) is 5.91 Å². The van der Waals surface area contributed by atoms with Crippen LogP contribution >= 0.6 is 11.8 Å². The highest BCUT2D eigenvalue weighted by Crippen LogP contribution is 2.22. The van der Waals surface area contributed by atoms with E-state index in [1.54, 1.807) is 16.7 Å². The largest absolute Gasteiger partial charge is 0.351 e. The van der Waals surface area contributed by atoms with Crippen molar-refractivity contribution in [2.45, 2.75) is 25.3 Å². The molecule has 1 aromatic carbocycles. The Balaban J connectivity index is 1.73. The highest BCUT2D eigenvalue weighted by Gasteiger charge is 2.29. The summed E-state index contributed by atoms with van der Waals surface area (Å²) in [4.78, 5) is 33.7. The number of likely N-dealkylation sites (tertiary alicyclic amines) is 1. The van der Waals surface area contributed by atoms with Gasteiger partial charge >= 0.3 is 6.03 Å². The molecule has 0 aliphatic carbocycles. The Morgan fingerprint density at radius 1 is 1.46 bits per heavy atom. The number of piperidine rings is 1. The third kappa shape index (κ3) is 4.30. The van der Waals surface area contributed by atoms with Crippen molar-refractivity contribution in [1.82, 2.24) is 20.2 Å². The molecular weight excluding hydrogens is 350 g/mol. The van der Waals surface area contributed by atoms with E-state index in [0.717, 1.165) is 41.9 Å². The molecule has 7 nitrogen and oxygen atoms in total. The second-order valence-electron chi connectivity index (χ2n) is 6.61. The molecule has 1 aliphatic rings. The molecule has 2 atom stereocenters. The summed E-state index contributed by atoms with van der Waals surface area (Å²) in [6, 6.07) is 7.20. The number of para-hydroxylation sites is 2. The third-order valence-electron chi connectivity index (χ3n) is 4.77. The Morgan fingerprint density at radius 3 is 3.00 bits per heavy atom. The molecule has 0 unspecified atom stereocenters. The van der Waals surface area contributed by atoms with E-state index in [4.69, 9.17) is 5.73 Å². The minimum Gasteiger partial charge on any atom is -0.351 e. The van der Waals surface area contributed by atoms with E-state index in [0.29, 0.717) is 13.1 Å². The minimum absolute atomic E-state index is 0.0393. The van der Waals surface area contributed by atoms with Crippen LogP contribution in [0, 0.1) is 5.92 Å². The topological polar surface area (TPSA) is 104 Å². The molecule has 0 spiro atoms. The van der Waals surface area contributed by atoms with Gasteiger partial charge in [0.1, 0.15) is 5.82 Å². The van der Waals surface area contributed by atoms with Gasteiger partial charge in [0.15, 0.2) is 0 Å². The van der Waals surface area contributed by atoms with E-state index in [1.165, 1.54) is 0 Å². The first-order valence-corrected chi connectivity index (χ1v) is 10.3. The maximum atomic E-state index is 12.8. The summed E-state index contributed by atoms with van der Waals surface area (Å²) < 4.78 is 0. The van der Waals surface area contributed by atoms with Crippen molar-refractivity contribution in [1.29, 1.82) is 0 Å². The van der Waals surface area contributed by atoms with Crippen molar-refractivity contribution >= 4 is 34.7 Å². The van der Waals surface area contributed by atoms with Gasteiger partial charge in [-0.3, -0.25) is 4.79 Å². The molecule has 0 bridgehead atoms. The maximum absolute atomic E-state index is 12.8. The molecule has 1 fully saturated rings. The second kappa shape index (κ2) is 8.44. The monoisotopic (exact) mass is 375 g/mol. The first-order chi connectivity index (χ1) is 12.6. The number of nitrogens with two attached hydrogens (primary N) is 1. The van der Waals surface area contributed by atoms with E-state index in [2.05, 4.69) is 15.3 Å². The fourth-order valence-corrected chi connectivity index (χ4v) is 3.80. The zero-order chi connectivity index (χ0) is 18.5. The van der Waals surface area contributed by atoms with Crippen LogP contribution in [0.5, 0.6) is 0 Å². The average Bonchev–Trinajstić information content (AvgIpc) is 3.09. The average molecular weight is 375 g/mol. The summed E-state index contributed by atoms with van der Waals surface area (Å²) in [6.45, 7) is 1.01. The van der Waals surface area contributed by atoms with E-state index in [9.17, 15) is 9.59 Å². The highest BCUT2D eigenvalue weighted by molar-refractivity contribution is 7.98. The summed E-state index contributed by atoms with van der Waals surface area (Å²) in [5, 5.41) is 3.13.